The third kappa shape index (κ3) is 5.23. The standard InChI is InChI=1S/C10H13Cl2N3O3S/c11-8-5-6(13)4-7(9(8)12)10(16)15-2-1-3-19(14,17)18/h4-5H,1-3,13H2,(H,15,16)(H2,14,17,18). The average molecular weight is 326 g/mol. The van der Waals surface area contributed by atoms with Gasteiger partial charge in [0.05, 0.1) is 21.4 Å². The number of carbonyl (C=O) groups excluding carboxylic acids is 1. The quantitative estimate of drug-likeness (QED) is 0.552. The predicted octanol–water partition coefficient (Wildman–Crippen LogP) is 0.984. The van der Waals surface area contributed by atoms with Gasteiger partial charge >= 0.3 is 0 Å². The van der Waals surface area contributed by atoms with Gasteiger partial charge in [-0.1, -0.05) is 23.2 Å². The maximum absolute atomic E-state index is 11.8. The summed E-state index contributed by atoms with van der Waals surface area (Å²) in [7, 11) is -3.53. The molecule has 106 valence electrons. The van der Waals surface area contributed by atoms with Crippen LogP contribution in [0.3, 0.4) is 0 Å². The Balaban J connectivity index is 2.64. The fourth-order valence-corrected chi connectivity index (χ4v) is 2.32. The lowest BCUT2D eigenvalue weighted by Crippen LogP contribution is -2.27. The zero-order chi connectivity index (χ0) is 14.6. The summed E-state index contributed by atoms with van der Waals surface area (Å²) in [5, 5.41) is 7.62. The Morgan fingerprint density at radius 1 is 1.32 bits per heavy atom. The molecule has 1 aromatic carbocycles. The van der Waals surface area contributed by atoms with Crippen LogP contribution in [0.15, 0.2) is 12.1 Å². The van der Waals surface area contributed by atoms with Crippen molar-refractivity contribution in [1.82, 2.24) is 5.32 Å². The fourth-order valence-electron chi connectivity index (χ4n) is 1.35. The summed E-state index contributed by atoms with van der Waals surface area (Å²) in [5.41, 5.74) is 6.01. The second kappa shape index (κ2) is 6.42. The highest BCUT2D eigenvalue weighted by Gasteiger charge is 2.14. The largest absolute Gasteiger partial charge is 0.399 e. The normalized spacial score (nSPS) is 11.3. The highest BCUT2D eigenvalue weighted by atomic mass is 35.5. The molecule has 0 aromatic heterocycles. The summed E-state index contributed by atoms with van der Waals surface area (Å²) < 4.78 is 21.4. The molecule has 0 aliphatic rings. The predicted molar refractivity (Wildman–Crippen MR) is 75.8 cm³/mol. The molecule has 1 rings (SSSR count). The lowest BCUT2D eigenvalue weighted by atomic mass is 10.2. The lowest BCUT2D eigenvalue weighted by Gasteiger charge is -2.08. The number of halogens is 2. The van der Waals surface area contributed by atoms with Crippen LogP contribution in [0.2, 0.25) is 10.0 Å². The maximum Gasteiger partial charge on any atom is 0.252 e. The van der Waals surface area contributed by atoms with Gasteiger partial charge in [0.2, 0.25) is 10.0 Å². The van der Waals surface area contributed by atoms with E-state index in [9.17, 15) is 13.2 Å². The second-order valence-corrected chi connectivity index (χ2v) is 6.36. The van der Waals surface area contributed by atoms with E-state index in [1.165, 1.54) is 12.1 Å². The molecule has 9 heteroatoms. The highest BCUT2D eigenvalue weighted by Crippen LogP contribution is 2.28. The number of carbonyl (C=O) groups is 1. The Kier molecular flexibility index (Phi) is 5.42. The number of amides is 1. The van der Waals surface area contributed by atoms with Crippen molar-refractivity contribution >= 4 is 44.8 Å². The van der Waals surface area contributed by atoms with Crippen LogP contribution in [-0.4, -0.2) is 26.6 Å². The van der Waals surface area contributed by atoms with Gasteiger partial charge in [-0.25, -0.2) is 13.6 Å². The van der Waals surface area contributed by atoms with Crippen LogP contribution in [0.1, 0.15) is 16.8 Å². The molecule has 0 fully saturated rings. The van der Waals surface area contributed by atoms with E-state index in [1.807, 2.05) is 0 Å². The van der Waals surface area contributed by atoms with Crippen LogP contribution >= 0.6 is 23.2 Å². The smallest absolute Gasteiger partial charge is 0.252 e. The van der Waals surface area contributed by atoms with Gasteiger partial charge in [0, 0.05) is 12.2 Å². The van der Waals surface area contributed by atoms with Crippen LogP contribution in [0.25, 0.3) is 0 Å². The Hall–Kier alpha value is -1.02. The SMILES string of the molecule is Nc1cc(Cl)c(Cl)c(C(=O)NCCCS(N)(=O)=O)c1. The first-order chi connectivity index (χ1) is 8.70. The summed E-state index contributed by atoms with van der Waals surface area (Å²) in [6, 6.07) is 2.82. The minimum atomic E-state index is -3.53. The molecule has 0 atom stereocenters. The third-order valence-corrected chi connectivity index (χ3v) is 3.85. The van der Waals surface area contributed by atoms with E-state index in [4.69, 9.17) is 34.1 Å². The van der Waals surface area contributed by atoms with Gasteiger partial charge in [-0.3, -0.25) is 4.79 Å². The Bertz CT molecular complexity index is 590. The molecule has 0 saturated carbocycles. The van der Waals surface area contributed by atoms with Crippen molar-refractivity contribution in [1.29, 1.82) is 0 Å². The van der Waals surface area contributed by atoms with Gasteiger partial charge < -0.3 is 11.1 Å². The molecular formula is C10H13Cl2N3O3S. The van der Waals surface area contributed by atoms with Crippen molar-refractivity contribution in [3.63, 3.8) is 0 Å². The topological polar surface area (TPSA) is 115 Å². The minimum absolute atomic E-state index is 0.0970. The van der Waals surface area contributed by atoms with Gasteiger partial charge in [0.25, 0.3) is 5.91 Å². The highest BCUT2D eigenvalue weighted by molar-refractivity contribution is 7.89. The third-order valence-electron chi connectivity index (χ3n) is 2.19. The van der Waals surface area contributed by atoms with Crippen molar-refractivity contribution in [2.24, 2.45) is 5.14 Å². The fraction of sp³-hybridized carbons (Fsp3) is 0.300. The van der Waals surface area contributed by atoms with E-state index in [-0.39, 0.29) is 34.3 Å². The van der Waals surface area contributed by atoms with E-state index in [0.29, 0.717) is 5.69 Å². The monoisotopic (exact) mass is 325 g/mol. The van der Waals surface area contributed by atoms with Crippen LogP contribution in [0, 0.1) is 0 Å². The Labute approximate surface area is 121 Å². The van der Waals surface area contributed by atoms with E-state index >= 15 is 0 Å². The number of anilines is 1. The van der Waals surface area contributed by atoms with Crippen LogP contribution < -0.4 is 16.2 Å². The molecule has 0 aliphatic carbocycles. The lowest BCUT2D eigenvalue weighted by molar-refractivity contribution is 0.0954. The van der Waals surface area contributed by atoms with Crippen molar-refractivity contribution in [3.8, 4) is 0 Å². The molecule has 0 saturated heterocycles. The molecule has 0 heterocycles. The van der Waals surface area contributed by atoms with Crippen molar-refractivity contribution in [3.05, 3.63) is 27.7 Å². The number of nitrogens with one attached hydrogen (secondary N) is 1. The number of benzene rings is 1. The average Bonchev–Trinajstić information content (AvgIpc) is 2.27. The van der Waals surface area contributed by atoms with Gasteiger partial charge in [-0.2, -0.15) is 0 Å². The Morgan fingerprint density at radius 2 is 1.95 bits per heavy atom. The van der Waals surface area contributed by atoms with Gasteiger partial charge in [0.15, 0.2) is 0 Å². The van der Waals surface area contributed by atoms with E-state index in [2.05, 4.69) is 5.32 Å². The first-order valence-electron chi connectivity index (χ1n) is 5.24. The summed E-state index contributed by atoms with van der Waals surface area (Å²) in [4.78, 5) is 11.8. The minimum Gasteiger partial charge on any atom is -0.399 e. The van der Waals surface area contributed by atoms with Crippen LogP contribution in [0.5, 0.6) is 0 Å². The summed E-state index contributed by atoms with van der Waals surface area (Å²) >= 11 is 11.7. The summed E-state index contributed by atoms with van der Waals surface area (Å²) in [6.07, 6.45) is 0.207. The molecule has 1 aromatic rings. The molecule has 6 nitrogen and oxygen atoms in total. The van der Waals surface area contributed by atoms with Crippen LogP contribution in [0.4, 0.5) is 5.69 Å². The summed E-state index contributed by atoms with van der Waals surface area (Å²) in [6.45, 7) is 0.151. The zero-order valence-corrected chi connectivity index (χ0v) is 12.1. The molecule has 19 heavy (non-hydrogen) atoms. The molecular weight excluding hydrogens is 313 g/mol. The molecule has 0 unspecified atom stereocenters. The number of hydrogen-bond donors (Lipinski definition) is 3. The number of nitrogen functional groups attached to an aromatic ring is 1. The Morgan fingerprint density at radius 3 is 2.53 bits per heavy atom. The van der Waals surface area contributed by atoms with Crippen molar-refractivity contribution in [2.45, 2.75) is 6.42 Å². The second-order valence-electron chi connectivity index (χ2n) is 3.84. The molecule has 1 amide bonds. The van der Waals surface area contributed by atoms with Crippen molar-refractivity contribution in [2.75, 3.05) is 18.0 Å². The molecule has 0 spiro atoms. The number of primary sulfonamides is 1. The molecule has 0 aliphatic heterocycles. The maximum atomic E-state index is 11.8. The van der Waals surface area contributed by atoms with Crippen LogP contribution in [-0.2, 0) is 10.0 Å². The van der Waals surface area contributed by atoms with E-state index in [0.717, 1.165) is 0 Å². The number of sulfonamides is 1. The first-order valence-corrected chi connectivity index (χ1v) is 7.71. The first kappa shape index (κ1) is 16.0. The van der Waals surface area contributed by atoms with Crippen molar-refractivity contribution < 1.29 is 13.2 Å². The van der Waals surface area contributed by atoms with E-state index < -0.39 is 15.9 Å². The number of hydrogen-bond acceptors (Lipinski definition) is 4. The molecule has 5 N–H and O–H groups in total. The van der Waals surface area contributed by atoms with Gasteiger partial charge in [0.1, 0.15) is 0 Å². The van der Waals surface area contributed by atoms with E-state index in [1.54, 1.807) is 0 Å². The number of rotatable bonds is 5. The molecule has 0 radical (unpaired) electrons. The summed E-state index contributed by atoms with van der Waals surface area (Å²) in [5.74, 6) is -0.688. The zero-order valence-electron chi connectivity index (χ0n) is 9.82. The molecule has 0 bridgehead atoms. The van der Waals surface area contributed by atoms with Gasteiger partial charge in [-0.05, 0) is 18.6 Å². The number of nitrogens with two attached hydrogens (primary N) is 2. The van der Waals surface area contributed by atoms with Gasteiger partial charge in [-0.15, -0.1) is 0 Å².